The third kappa shape index (κ3) is 2.26. The van der Waals surface area contributed by atoms with Gasteiger partial charge in [-0.2, -0.15) is 0 Å². The molecule has 100 valence electrons. The standard InChI is InChI=1S/C15H29NO/c1-3-13-5-4-7-14(10-13,11-16)15(17)8-6-12(2)9-15/h12-13,17H,3-11,16H2,1-2H3. The molecule has 2 aliphatic carbocycles. The van der Waals surface area contributed by atoms with Gasteiger partial charge in [-0.3, -0.25) is 0 Å². The molecule has 2 aliphatic rings. The highest BCUT2D eigenvalue weighted by atomic mass is 16.3. The van der Waals surface area contributed by atoms with Crippen molar-refractivity contribution >= 4 is 0 Å². The van der Waals surface area contributed by atoms with E-state index in [-0.39, 0.29) is 5.41 Å². The van der Waals surface area contributed by atoms with Crippen molar-refractivity contribution in [1.82, 2.24) is 0 Å². The molecule has 3 N–H and O–H groups in total. The smallest absolute Gasteiger partial charge is 0.0718 e. The van der Waals surface area contributed by atoms with E-state index in [0.29, 0.717) is 12.5 Å². The zero-order chi connectivity index (χ0) is 12.5. The van der Waals surface area contributed by atoms with Crippen LogP contribution in [-0.2, 0) is 0 Å². The van der Waals surface area contributed by atoms with Crippen LogP contribution >= 0.6 is 0 Å². The predicted octanol–water partition coefficient (Wildman–Crippen LogP) is 3.08. The van der Waals surface area contributed by atoms with E-state index < -0.39 is 5.60 Å². The van der Waals surface area contributed by atoms with Crippen LogP contribution in [0.3, 0.4) is 0 Å². The van der Waals surface area contributed by atoms with Gasteiger partial charge in [0.1, 0.15) is 0 Å². The van der Waals surface area contributed by atoms with E-state index in [1.165, 1.54) is 25.7 Å². The third-order valence-corrected chi connectivity index (χ3v) is 5.64. The van der Waals surface area contributed by atoms with Crippen LogP contribution in [0.5, 0.6) is 0 Å². The molecule has 0 amide bonds. The maximum Gasteiger partial charge on any atom is 0.0718 e. The molecule has 4 atom stereocenters. The summed E-state index contributed by atoms with van der Waals surface area (Å²) in [6.45, 7) is 5.22. The number of hydrogen-bond donors (Lipinski definition) is 2. The van der Waals surface area contributed by atoms with Crippen molar-refractivity contribution < 1.29 is 5.11 Å². The van der Waals surface area contributed by atoms with E-state index in [2.05, 4.69) is 13.8 Å². The summed E-state index contributed by atoms with van der Waals surface area (Å²) in [5.41, 5.74) is 5.67. The van der Waals surface area contributed by atoms with Crippen molar-refractivity contribution in [2.75, 3.05) is 6.54 Å². The molecule has 0 spiro atoms. The lowest BCUT2D eigenvalue weighted by atomic mass is 9.59. The second kappa shape index (κ2) is 4.89. The summed E-state index contributed by atoms with van der Waals surface area (Å²) in [6, 6.07) is 0. The Morgan fingerprint density at radius 1 is 1.24 bits per heavy atom. The predicted molar refractivity (Wildman–Crippen MR) is 71.7 cm³/mol. The SMILES string of the molecule is CCC1CCCC(CN)(C2(O)CCC(C)C2)C1. The van der Waals surface area contributed by atoms with Gasteiger partial charge in [0.25, 0.3) is 0 Å². The molecule has 0 saturated heterocycles. The second-order valence-corrected chi connectivity index (χ2v) is 6.73. The Bertz CT molecular complexity index is 268. The van der Waals surface area contributed by atoms with E-state index >= 15 is 0 Å². The van der Waals surface area contributed by atoms with Gasteiger partial charge in [0.05, 0.1) is 5.60 Å². The van der Waals surface area contributed by atoms with Gasteiger partial charge in [0.15, 0.2) is 0 Å². The number of rotatable bonds is 3. The van der Waals surface area contributed by atoms with Gasteiger partial charge in [-0.05, 0) is 43.9 Å². The number of hydrogen-bond acceptors (Lipinski definition) is 2. The van der Waals surface area contributed by atoms with Crippen molar-refractivity contribution in [3.8, 4) is 0 Å². The summed E-state index contributed by atoms with van der Waals surface area (Å²) in [4.78, 5) is 0. The molecule has 0 aliphatic heterocycles. The third-order valence-electron chi connectivity index (χ3n) is 5.64. The van der Waals surface area contributed by atoms with Gasteiger partial charge in [-0.25, -0.2) is 0 Å². The fraction of sp³-hybridized carbons (Fsp3) is 1.00. The molecule has 4 unspecified atom stereocenters. The first-order valence-electron chi connectivity index (χ1n) is 7.48. The lowest BCUT2D eigenvalue weighted by Crippen LogP contribution is -2.53. The van der Waals surface area contributed by atoms with Crippen LogP contribution in [0.15, 0.2) is 0 Å². The molecule has 2 fully saturated rings. The van der Waals surface area contributed by atoms with E-state index in [4.69, 9.17) is 5.73 Å². The first-order chi connectivity index (χ1) is 8.05. The van der Waals surface area contributed by atoms with Gasteiger partial charge >= 0.3 is 0 Å². The van der Waals surface area contributed by atoms with E-state index in [9.17, 15) is 5.11 Å². The van der Waals surface area contributed by atoms with E-state index in [1.54, 1.807) is 0 Å². The highest BCUT2D eigenvalue weighted by Gasteiger charge is 2.53. The molecule has 2 heteroatoms. The highest BCUT2D eigenvalue weighted by molar-refractivity contribution is 5.05. The van der Waals surface area contributed by atoms with Crippen molar-refractivity contribution in [2.45, 2.75) is 70.8 Å². The maximum absolute atomic E-state index is 11.1. The zero-order valence-corrected chi connectivity index (χ0v) is 11.5. The van der Waals surface area contributed by atoms with Crippen LogP contribution in [0.4, 0.5) is 0 Å². The maximum atomic E-state index is 11.1. The summed E-state index contributed by atoms with van der Waals surface area (Å²) in [6.07, 6.45) is 9.26. The minimum atomic E-state index is -0.463. The molecule has 2 saturated carbocycles. The molecule has 2 nitrogen and oxygen atoms in total. The molecule has 17 heavy (non-hydrogen) atoms. The van der Waals surface area contributed by atoms with Crippen molar-refractivity contribution in [1.29, 1.82) is 0 Å². The Morgan fingerprint density at radius 2 is 2.00 bits per heavy atom. The zero-order valence-electron chi connectivity index (χ0n) is 11.5. The van der Waals surface area contributed by atoms with Gasteiger partial charge in [-0.1, -0.05) is 33.1 Å². The van der Waals surface area contributed by atoms with Crippen molar-refractivity contribution in [3.63, 3.8) is 0 Å². The molecular formula is C15H29NO. The van der Waals surface area contributed by atoms with E-state index in [0.717, 1.165) is 31.6 Å². The van der Waals surface area contributed by atoms with Crippen molar-refractivity contribution in [3.05, 3.63) is 0 Å². The highest BCUT2D eigenvalue weighted by Crippen LogP contribution is 2.54. The summed E-state index contributed by atoms with van der Waals surface area (Å²) in [5.74, 6) is 1.46. The van der Waals surface area contributed by atoms with E-state index in [1.807, 2.05) is 0 Å². The Kier molecular flexibility index (Phi) is 3.84. The van der Waals surface area contributed by atoms with Crippen LogP contribution in [0.25, 0.3) is 0 Å². The summed E-state index contributed by atoms with van der Waals surface area (Å²) < 4.78 is 0. The fourth-order valence-electron chi connectivity index (χ4n) is 4.38. The molecule has 0 radical (unpaired) electrons. The first-order valence-corrected chi connectivity index (χ1v) is 7.48. The second-order valence-electron chi connectivity index (χ2n) is 6.73. The van der Waals surface area contributed by atoms with Crippen LogP contribution in [0.1, 0.15) is 65.2 Å². The fourth-order valence-corrected chi connectivity index (χ4v) is 4.38. The first kappa shape index (κ1) is 13.4. The van der Waals surface area contributed by atoms with Gasteiger partial charge < -0.3 is 10.8 Å². The van der Waals surface area contributed by atoms with Crippen LogP contribution in [-0.4, -0.2) is 17.3 Å². The monoisotopic (exact) mass is 239 g/mol. The molecule has 0 bridgehead atoms. The van der Waals surface area contributed by atoms with Crippen LogP contribution in [0, 0.1) is 17.3 Å². The molecule has 0 aromatic carbocycles. The Morgan fingerprint density at radius 3 is 2.53 bits per heavy atom. The number of nitrogens with two attached hydrogens (primary N) is 1. The lowest BCUT2D eigenvalue weighted by Gasteiger charge is -2.50. The Labute approximate surface area is 106 Å². The van der Waals surface area contributed by atoms with Crippen LogP contribution < -0.4 is 5.73 Å². The quantitative estimate of drug-likeness (QED) is 0.795. The van der Waals surface area contributed by atoms with Gasteiger partial charge in [-0.15, -0.1) is 0 Å². The van der Waals surface area contributed by atoms with Crippen LogP contribution in [0.2, 0.25) is 0 Å². The normalized spacial score (nSPS) is 47.3. The van der Waals surface area contributed by atoms with Gasteiger partial charge in [0.2, 0.25) is 0 Å². The average molecular weight is 239 g/mol. The lowest BCUT2D eigenvalue weighted by molar-refractivity contribution is -0.106. The summed E-state index contributed by atoms with van der Waals surface area (Å²) >= 11 is 0. The molecule has 0 aromatic rings. The number of aliphatic hydroxyl groups is 1. The Balaban J connectivity index is 2.18. The molecule has 0 heterocycles. The molecular weight excluding hydrogens is 210 g/mol. The average Bonchev–Trinajstić information content (AvgIpc) is 2.70. The van der Waals surface area contributed by atoms with Gasteiger partial charge in [0, 0.05) is 12.0 Å². The minimum Gasteiger partial charge on any atom is -0.389 e. The minimum absolute atomic E-state index is 0.0245. The largest absolute Gasteiger partial charge is 0.389 e. The topological polar surface area (TPSA) is 46.2 Å². The summed E-state index contributed by atoms with van der Waals surface area (Å²) in [7, 11) is 0. The van der Waals surface area contributed by atoms with Crippen molar-refractivity contribution in [2.24, 2.45) is 23.0 Å². The molecule has 2 rings (SSSR count). The molecule has 0 aromatic heterocycles. The Hall–Kier alpha value is -0.0800. The summed E-state index contributed by atoms with van der Waals surface area (Å²) in [5, 5.41) is 11.1.